The fourth-order valence-electron chi connectivity index (χ4n) is 3.57. The molecule has 0 bridgehead atoms. The Morgan fingerprint density at radius 3 is 2.38 bits per heavy atom. The molecule has 2 aromatic heterocycles. The summed E-state index contributed by atoms with van der Waals surface area (Å²) in [7, 11) is 2.11. The lowest BCUT2D eigenvalue weighted by atomic mass is 10.0. The van der Waals surface area contributed by atoms with Crippen molar-refractivity contribution in [3.05, 3.63) is 83.4 Å². The molecule has 1 aliphatic rings. The second-order valence-electron chi connectivity index (χ2n) is 6.79. The third-order valence-corrected chi connectivity index (χ3v) is 5.44. The van der Waals surface area contributed by atoms with Crippen molar-refractivity contribution >= 4 is 23.0 Å². The van der Waals surface area contributed by atoms with Gasteiger partial charge < -0.3 is 14.8 Å². The van der Waals surface area contributed by atoms with Gasteiger partial charge in [0.2, 0.25) is 0 Å². The van der Waals surface area contributed by atoms with Gasteiger partial charge in [-0.05, 0) is 62.5 Å². The molecule has 1 fully saturated rings. The van der Waals surface area contributed by atoms with Crippen molar-refractivity contribution in [3.8, 4) is 0 Å². The molecule has 0 unspecified atom stereocenters. The number of hydrogen-bond acceptors (Lipinski definition) is 2. The molecule has 1 saturated heterocycles. The maximum Gasteiger partial charge on any atom is 0.174 e. The van der Waals surface area contributed by atoms with Crippen LogP contribution in [0.4, 0.5) is 5.69 Å². The molecule has 3 aromatic rings. The molecule has 132 valence electrons. The van der Waals surface area contributed by atoms with Gasteiger partial charge >= 0.3 is 0 Å². The predicted molar refractivity (Wildman–Crippen MR) is 109 cm³/mol. The van der Waals surface area contributed by atoms with Crippen molar-refractivity contribution in [2.45, 2.75) is 25.9 Å². The molecule has 4 nitrogen and oxygen atoms in total. The van der Waals surface area contributed by atoms with Crippen LogP contribution in [0.15, 0.2) is 60.8 Å². The van der Waals surface area contributed by atoms with Crippen molar-refractivity contribution in [2.75, 3.05) is 4.90 Å². The number of aryl methyl sites for hydroxylation is 2. The van der Waals surface area contributed by atoms with Gasteiger partial charge in [0, 0.05) is 30.3 Å². The van der Waals surface area contributed by atoms with Crippen molar-refractivity contribution in [3.63, 3.8) is 0 Å². The van der Waals surface area contributed by atoms with E-state index in [0.717, 1.165) is 16.5 Å². The van der Waals surface area contributed by atoms with E-state index in [1.165, 1.54) is 17.0 Å². The van der Waals surface area contributed by atoms with E-state index < -0.39 is 0 Å². The molecule has 0 radical (unpaired) electrons. The summed E-state index contributed by atoms with van der Waals surface area (Å²) in [5.74, 6) is 0. The first kappa shape index (κ1) is 16.8. The molecule has 26 heavy (non-hydrogen) atoms. The van der Waals surface area contributed by atoms with Gasteiger partial charge in [0.1, 0.15) is 6.04 Å². The van der Waals surface area contributed by atoms with E-state index in [1.54, 1.807) is 0 Å². The summed E-state index contributed by atoms with van der Waals surface area (Å²) in [6, 6.07) is 18.9. The van der Waals surface area contributed by atoms with Crippen molar-refractivity contribution < 1.29 is 0 Å². The minimum atomic E-state index is -0.00185. The number of nitrogens with one attached hydrogen (secondary N) is 1. The molecule has 0 amide bonds. The zero-order chi connectivity index (χ0) is 18.3. The molecule has 0 spiro atoms. The molecule has 4 rings (SSSR count). The zero-order valence-corrected chi connectivity index (χ0v) is 16.0. The minimum absolute atomic E-state index is 0.00185. The highest BCUT2D eigenvalue weighted by Gasteiger charge is 2.41. The van der Waals surface area contributed by atoms with Crippen LogP contribution in [0.5, 0.6) is 0 Å². The maximum absolute atomic E-state index is 5.74. The third-order valence-electron chi connectivity index (χ3n) is 5.12. The Labute approximate surface area is 159 Å². The lowest BCUT2D eigenvalue weighted by molar-refractivity contribution is 0.539. The highest BCUT2D eigenvalue weighted by molar-refractivity contribution is 7.80. The lowest BCUT2D eigenvalue weighted by Gasteiger charge is -2.28. The predicted octanol–water partition coefficient (Wildman–Crippen LogP) is 4.21. The average Bonchev–Trinajstić information content (AvgIpc) is 3.16. The molecule has 5 heteroatoms. The highest BCUT2D eigenvalue weighted by Crippen LogP contribution is 2.41. The number of pyridine rings is 1. The van der Waals surface area contributed by atoms with Crippen LogP contribution in [-0.4, -0.2) is 14.7 Å². The Morgan fingerprint density at radius 2 is 1.77 bits per heavy atom. The van der Waals surface area contributed by atoms with Crippen LogP contribution >= 0.6 is 12.2 Å². The molecule has 0 aliphatic carbocycles. The van der Waals surface area contributed by atoms with Gasteiger partial charge in [-0.25, -0.2) is 0 Å². The summed E-state index contributed by atoms with van der Waals surface area (Å²) < 4.78 is 2.23. The van der Waals surface area contributed by atoms with Crippen molar-refractivity contribution in [2.24, 2.45) is 7.05 Å². The summed E-state index contributed by atoms with van der Waals surface area (Å²) in [6.07, 6.45) is 1.84. The molecule has 1 aromatic carbocycles. The fourth-order valence-corrected chi connectivity index (χ4v) is 3.91. The normalized spacial score (nSPS) is 19.7. The number of anilines is 1. The van der Waals surface area contributed by atoms with E-state index in [4.69, 9.17) is 12.2 Å². The van der Waals surface area contributed by atoms with Gasteiger partial charge in [-0.15, -0.1) is 0 Å². The van der Waals surface area contributed by atoms with Crippen molar-refractivity contribution in [1.82, 2.24) is 14.9 Å². The molecule has 1 N–H and O–H groups in total. The summed E-state index contributed by atoms with van der Waals surface area (Å²) in [5, 5.41) is 4.23. The number of thiocarbonyl (C=S) groups is 1. The van der Waals surface area contributed by atoms with Crippen LogP contribution in [0.1, 0.15) is 34.7 Å². The van der Waals surface area contributed by atoms with Crippen LogP contribution in [0.2, 0.25) is 0 Å². The van der Waals surface area contributed by atoms with Gasteiger partial charge in [-0.2, -0.15) is 0 Å². The topological polar surface area (TPSA) is 33.1 Å². The molecule has 1 aliphatic heterocycles. The van der Waals surface area contributed by atoms with E-state index in [9.17, 15) is 0 Å². The van der Waals surface area contributed by atoms with E-state index >= 15 is 0 Å². The molecular weight excluding hydrogens is 340 g/mol. The Morgan fingerprint density at radius 1 is 1.00 bits per heavy atom. The first-order chi connectivity index (χ1) is 12.6. The van der Waals surface area contributed by atoms with E-state index in [0.29, 0.717) is 0 Å². The van der Waals surface area contributed by atoms with E-state index in [2.05, 4.69) is 83.1 Å². The summed E-state index contributed by atoms with van der Waals surface area (Å²) >= 11 is 5.74. The van der Waals surface area contributed by atoms with E-state index in [1.807, 2.05) is 18.3 Å². The second kappa shape index (κ2) is 6.57. The maximum atomic E-state index is 5.74. The zero-order valence-electron chi connectivity index (χ0n) is 15.2. The number of benzene rings is 1. The number of rotatable bonds is 3. The standard InChI is InChI=1S/C21H22N4S/c1-14-7-10-16(11-8-14)25-20(18-12-9-15(2)24(18)3)19(23-21(25)26)17-6-4-5-13-22-17/h4-13,19-20H,1-3H3,(H,23,26)/t19-,20-/m0/s1. The average molecular weight is 363 g/mol. The van der Waals surface area contributed by atoms with E-state index in [-0.39, 0.29) is 12.1 Å². The fraction of sp³-hybridized carbons (Fsp3) is 0.238. The SMILES string of the molecule is Cc1ccc(N2C(=S)N[C@@H](c3ccccn3)[C@@H]2c2ccc(C)n2C)cc1. The Kier molecular flexibility index (Phi) is 4.24. The van der Waals surface area contributed by atoms with Crippen LogP contribution in [0.3, 0.4) is 0 Å². The summed E-state index contributed by atoms with van der Waals surface area (Å²) in [4.78, 5) is 6.80. The monoisotopic (exact) mass is 362 g/mol. The number of nitrogens with zero attached hydrogens (tertiary/aromatic N) is 3. The van der Waals surface area contributed by atoms with Gasteiger partial charge in [0.15, 0.2) is 5.11 Å². The van der Waals surface area contributed by atoms with Crippen LogP contribution in [0.25, 0.3) is 0 Å². The number of hydrogen-bond donors (Lipinski definition) is 1. The highest BCUT2D eigenvalue weighted by atomic mass is 32.1. The Bertz CT molecular complexity index is 930. The summed E-state index contributed by atoms with van der Waals surface area (Å²) in [5.41, 5.74) is 5.76. The van der Waals surface area contributed by atoms with Crippen LogP contribution < -0.4 is 10.2 Å². The van der Waals surface area contributed by atoms with Gasteiger partial charge in [0.25, 0.3) is 0 Å². The van der Waals surface area contributed by atoms with Gasteiger partial charge in [0.05, 0.1) is 11.7 Å². The molecule has 3 heterocycles. The molecule has 2 atom stereocenters. The number of aromatic nitrogens is 2. The first-order valence-electron chi connectivity index (χ1n) is 8.76. The molecule has 0 saturated carbocycles. The smallest absolute Gasteiger partial charge is 0.174 e. The Balaban J connectivity index is 1.85. The van der Waals surface area contributed by atoms with Gasteiger partial charge in [-0.1, -0.05) is 23.8 Å². The summed E-state index contributed by atoms with van der Waals surface area (Å²) in [6.45, 7) is 4.22. The van der Waals surface area contributed by atoms with Crippen LogP contribution in [-0.2, 0) is 7.05 Å². The minimum Gasteiger partial charge on any atom is -0.351 e. The third kappa shape index (κ3) is 2.78. The molecular formula is C21H22N4S. The largest absolute Gasteiger partial charge is 0.351 e. The Hall–Kier alpha value is -2.66. The van der Waals surface area contributed by atoms with Gasteiger partial charge in [-0.3, -0.25) is 4.98 Å². The second-order valence-corrected chi connectivity index (χ2v) is 7.18. The lowest BCUT2D eigenvalue weighted by Crippen LogP contribution is -2.30. The first-order valence-corrected chi connectivity index (χ1v) is 9.16. The quantitative estimate of drug-likeness (QED) is 0.708. The van der Waals surface area contributed by atoms with Crippen LogP contribution in [0, 0.1) is 13.8 Å². The van der Waals surface area contributed by atoms with Crippen molar-refractivity contribution in [1.29, 1.82) is 0 Å².